The van der Waals surface area contributed by atoms with Crippen molar-refractivity contribution in [2.24, 2.45) is 0 Å². The highest BCUT2D eigenvalue weighted by molar-refractivity contribution is 5.67. The van der Waals surface area contributed by atoms with Crippen molar-refractivity contribution >= 4 is 6.09 Å². The maximum Gasteiger partial charge on any atom is 0.407 e. The molecular weight excluding hydrogens is 310 g/mol. The summed E-state index contributed by atoms with van der Waals surface area (Å²) in [6.07, 6.45) is 0.180. The van der Waals surface area contributed by atoms with Gasteiger partial charge in [0.15, 0.2) is 6.23 Å². The summed E-state index contributed by atoms with van der Waals surface area (Å²) in [5.41, 5.74) is -1.41. The number of rotatable bonds is 4. The molecule has 0 saturated carbocycles. The van der Waals surface area contributed by atoms with Crippen LogP contribution in [-0.4, -0.2) is 57.3 Å². The Hall–Kier alpha value is -2.61. The van der Waals surface area contributed by atoms with E-state index in [-0.39, 0.29) is 13.2 Å². The summed E-state index contributed by atoms with van der Waals surface area (Å²) in [7, 11) is 0. The minimum absolute atomic E-state index is 0.0229. The number of hydrogen-bond acceptors (Lipinski definition) is 7. The van der Waals surface area contributed by atoms with Gasteiger partial charge >= 0.3 is 11.8 Å². The molecule has 1 aliphatic rings. The predicted octanol–water partition coefficient (Wildman–Crippen LogP) is -2.48. The molecule has 4 N–H and O–H groups in total. The Labute approximate surface area is 129 Å². The molecule has 10 nitrogen and oxygen atoms in total. The number of nitrogens with zero attached hydrogens (tertiary/aromatic N) is 1. The number of aliphatic hydroxyl groups excluding tert-OH is 2. The van der Waals surface area contributed by atoms with Gasteiger partial charge < -0.3 is 25.0 Å². The number of carbonyl (C=O) groups is 1. The van der Waals surface area contributed by atoms with Gasteiger partial charge in [-0.3, -0.25) is 14.3 Å². The highest BCUT2D eigenvalue weighted by Gasteiger charge is 2.44. The fourth-order valence-electron chi connectivity index (χ4n) is 2.06. The molecule has 1 saturated heterocycles. The molecule has 2 heterocycles. The Morgan fingerprint density at radius 3 is 2.87 bits per heavy atom. The molecule has 0 aliphatic carbocycles. The predicted molar refractivity (Wildman–Crippen MR) is 75.4 cm³/mol. The average molecular weight is 325 g/mol. The maximum absolute atomic E-state index is 11.7. The Bertz CT molecular complexity index is 719. The van der Waals surface area contributed by atoms with Crippen molar-refractivity contribution in [3.05, 3.63) is 33.1 Å². The number of aromatic nitrogens is 2. The van der Waals surface area contributed by atoms with Gasteiger partial charge in [-0.15, -0.1) is 6.42 Å². The fraction of sp³-hybridized carbons (Fsp3) is 0.462. The second-order valence-corrected chi connectivity index (χ2v) is 4.72. The Balaban J connectivity index is 2.03. The van der Waals surface area contributed by atoms with Crippen molar-refractivity contribution in [2.45, 2.75) is 24.5 Å². The third-order valence-corrected chi connectivity index (χ3v) is 3.18. The van der Waals surface area contributed by atoms with Crippen molar-refractivity contribution in [2.75, 3.05) is 13.2 Å². The molecule has 0 spiro atoms. The van der Waals surface area contributed by atoms with Crippen LogP contribution >= 0.6 is 0 Å². The molecule has 1 fully saturated rings. The fourth-order valence-corrected chi connectivity index (χ4v) is 2.06. The molecule has 0 unspecified atom stereocenters. The standard InChI is InChI=1S/C13H15N3O7/c1-2-4-14-13(21)22-6-7-9(18)10(19)11(23-7)16-5-3-8(17)15-12(16)20/h1,3,5,7,9-11,18-19H,4,6H2,(H,14,21)(H,15,17,20)/t7-,9-,10-,11-/m1/s1. The van der Waals surface area contributed by atoms with E-state index in [2.05, 4.69) is 11.2 Å². The number of carbonyl (C=O) groups excluding carboxylic acids is 1. The van der Waals surface area contributed by atoms with Crippen LogP contribution in [0.5, 0.6) is 0 Å². The molecule has 124 valence electrons. The van der Waals surface area contributed by atoms with Crippen LogP contribution in [0, 0.1) is 12.3 Å². The number of hydrogen-bond donors (Lipinski definition) is 4. The first kappa shape index (κ1) is 16.8. The van der Waals surface area contributed by atoms with Crippen LogP contribution in [0.1, 0.15) is 6.23 Å². The van der Waals surface area contributed by atoms with Crippen LogP contribution in [0.15, 0.2) is 21.9 Å². The summed E-state index contributed by atoms with van der Waals surface area (Å²) in [6, 6.07) is 1.07. The van der Waals surface area contributed by atoms with Gasteiger partial charge in [0, 0.05) is 12.3 Å². The van der Waals surface area contributed by atoms with E-state index in [1.54, 1.807) is 0 Å². The van der Waals surface area contributed by atoms with Crippen molar-refractivity contribution < 1.29 is 24.5 Å². The van der Waals surface area contributed by atoms with E-state index < -0.39 is 41.9 Å². The number of nitrogens with one attached hydrogen (secondary N) is 2. The summed E-state index contributed by atoms with van der Waals surface area (Å²) >= 11 is 0. The Morgan fingerprint density at radius 2 is 2.22 bits per heavy atom. The number of H-pyrrole nitrogens is 1. The first-order chi connectivity index (χ1) is 10.9. The van der Waals surface area contributed by atoms with Gasteiger partial charge in [0.1, 0.15) is 24.9 Å². The molecule has 1 amide bonds. The van der Waals surface area contributed by atoms with E-state index in [9.17, 15) is 24.6 Å². The quantitative estimate of drug-likeness (QED) is 0.449. The summed E-state index contributed by atoms with van der Waals surface area (Å²) in [4.78, 5) is 36.0. The number of aliphatic hydroxyl groups is 2. The Kier molecular flexibility index (Phi) is 5.17. The highest BCUT2D eigenvalue weighted by Crippen LogP contribution is 2.28. The van der Waals surface area contributed by atoms with Gasteiger partial charge in [-0.25, -0.2) is 9.59 Å². The van der Waals surface area contributed by atoms with E-state index in [0.717, 1.165) is 16.8 Å². The largest absolute Gasteiger partial charge is 0.447 e. The van der Waals surface area contributed by atoms with Gasteiger partial charge in [0.05, 0.1) is 6.54 Å². The van der Waals surface area contributed by atoms with Crippen molar-refractivity contribution in [1.29, 1.82) is 0 Å². The summed E-state index contributed by atoms with van der Waals surface area (Å²) < 4.78 is 11.1. The highest BCUT2D eigenvalue weighted by atomic mass is 16.6. The number of aromatic amines is 1. The Morgan fingerprint density at radius 1 is 1.48 bits per heavy atom. The first-order valence-electron chi connectivity index (χ1n) is 6.61. The van der Waals surface area contributed by atoms with Crippen LogP contribution < -0.4 is 16.6 Å². The van der Waals surface area contributed by atoms with Crippen molar-refractivity contribution in [3.63, 3.8) is 0 Å². The molecule has 4 atom stereocenters. The van der Waals surface area contributed by atoms with E-state index in [0.29, 0.717) is 0 Å². The first-order valence-corrected chi connectivity index (χ1v) is 6.61. The number of alkyl carbamates (subject to hydrolysis) is 1. The molecule has 10 heteroatoms. The van der Waals surface area contributed by atoms with Crippen LogP contribution in [-0.2, 0) is 9.47 Å². The normalized spacial score (nSPS) is 26.5. The second-order valence-electron chi connectivity index (χ2n) is 4.72. The van der Waals surface area contributed by atoms with Crippen LogP contribution in [0.25, 0.3) is 0 Å². The van der Waals surface area contributed by atoms with Crippen molar-refractivity contribution in [3.8, 4) is 12.3 Å². The van der Waals surface area contributed by atoms with Gasteiger partial charge in [-0.1, -0.05) is 5.92 Å². The third-order valence-electron chi connectivity index (χ3n) is 3.18. The maximum atomic E-state index is 11.7. The zero-order valence-electron chi connectivity index (χ0n) is 11.8. The molecule has 23 heavy (non-hydrogen) atoms. The SMILES string of the molecule is C#CCNC(=O)OC[C@H]1O[C@@H](n2ccc(=O)[nH]c2=O)[C@H](O)[C@@H]1O. The average Bonchev–Trinajstić information content (AvgIpc) is 2.79. The lowest BCUT2D eigenvalue weighted by atomic mass is 10.1. The molecule has 1 aliphatic heterocycles. The molecule has 1 aromatic heterocycles. The van der Waals surface area contributed by atoms with Crippen molar-refractivity contribution in [1.82, 2.24) is 14.9 Å². The molecule has 0 radical (unpaired) electrons. The van der Waals surface area contributed by atoms with E-state index in [1.807, 2.05) is 4.98 Å². The summed E-state index contributed by atoms with van der Waals surface area (Å²) in [6.45, 7) is -0.381. The lowest BCUT2D eigenvalue weighted by Gasteiger charge is -2.16. The number of amides is 1. The van der Waals surface area contributed by atoms with Gasteiger partial charge in [-0.05, 0) is 0 Å². The summed E-state index contributed by atoms with van der Waals surface area (Å²) in [5, 5.41) is 22.1. The minimum Gasteiger partial charge on any atom is -0.447 e. The van der Waals surface area contributed by atoms with E-state index in [1.165, 1.54) is 0 Å². The second kappa shape index (κ2) is 7.10. The zero-order chi connectivity index (χ0) is 17.0. The van der Waals surface area contributed by atoms with Crippen LogP contribution in [0.4, 0.5) is 4.79 Å². The van der Waals surface area contributed by atoms with E-state index >= 15 is 0 Å². The monoisotopic (exact) mass is 325 g/mol. The van der Waals surface area contributed by atoms with Crippen LogP contribution in [0.2, 0.25) is 0 Å². The van der Waals surface area contributed by atoms with Gasteiger partial charge in [0.2, 0.25) is 0 Å². The minimum atomic E-state index is -1.44. The molecular formula is C13H15N3O7. The number of ether oxygens (including phenoxy) is 2. The molecule has 0 aromatic carbocycles. The lowest BCUT2D eigenvalue weighted by Crippen LogP contribution is -2.38. The molecule has 0 bridgehead atoms. The van der Waals surface area contributed by atoms with Gasteiger partial charge in [-0.2, -0.15) is 0 Å². The zero-order valence-corrected chi connectivity index (χ0v) is 11.8. The van der Waals surface area contributed by atoms with Gasteiger partial charge in [0.25, 0.3) is 5.56 Å². The summed E-state index contributed by atoms with van der Waals surface area (Å²) in [5.74, 6) is 2.18. The molecule has 1 aromatic rings. The lowest BCUT2D eigenvalue weighted by molar-refractivity contribution is -0.0569. The van der Waals surface area contributed by atoms with Crippen LogP contribution in [0.3, 0.4) is 0 Å². The smallest absolute Gasteiger partial charge is 0.407 e. The topological polar surface area (TPSA) is 143 Å². The van der Waals surface area contributed by atoms with E-state index in [4.69, 9.17) is 15.9 Å². The third kappa shape index (κ3) is 3.78. The number of terminal acetylenes is 1. The molecule has 2 rings (SSSR count).